The van der Waals surface area contributed by atoms with Crippen molar-refractivity contribution in [3.63, 3.8) is 0 Å². The minimum absolute atomic E-state index is 0. The van der Waals surface area contributed by atoms with E-state index in [4.69, 9.17) is 10.5 Å². The summed E-state index contributed by atoms with van der Waals surface area (Å²) in [4.78, 5) is 7.11. The Morgan fingerprint density at radius 2 is 1.86 bits per heavy atom. The van der Waals surface area contributed by atoms with Gasteiger partial charge in [0.15, 0.2) is 5.96 Å². The third-order valence-corrected chi connectivity index (χ3v) is 4.69. The molecule has 0 aromatic rings. The molecule has 2 rings (SSSR count). The molecule has 1 aliphatic heterocycles. The average Bonchev–Trinajstić information content (AvgIpc) is 2.49. The van der Waals surface area contributed by atoms with Gasteiger partial charge in [-0.1, -0.05) is 33.1 Å². The van der Waals surface area contributed by atoms with Gasteiger partial charge in [0.1, 0.15) is 0 Å². The Hall–Kier alpha value is -0.0800. The van der Waals surface area contributed by atoms with E-state index in [9.17, 15) is 0 Å². The number of nitrogens with one attached hydrogen (secondary N) is 1. The number of rotatable bonds is 5. The third kappa shape index (κ3) is 6.58. The standard InChI is InChI=1S/C16H32N4O.HI/c1-13(2)15(20-8-10-21-11-9-20)12-18-16(17)19-14-6-4-3-5-7-14;/h13-15H,3-12H2,1-2H3,(H3,17,18,19);1H. The first-order valence-corrected chi connectivity index (χ1v) is 8.55. The summed E-state index contributed by atoms with van der Waals surface area (Å²) in [5, 5.41) is 3.40. The number of hydrogen-bond acceptors (Lipinski definition) is 3. The highest BCUT2D eigenvalue weighted by Gasteiger charge is 2.23. The van der Waals surface area contributed by atoms with Crippen molar-refractivity contribution >= 4 is 29.9 Å². The van der Waals surface area contributed by atoms with Gasteiger partial charge in [0.25, 0.3) is 0 Å². The van der Waals surface area contributed by atoms with Crippen LogP contribution in [0.2, 0.25) is 0 Å². The molecule has 22 heavy (non-hydrogen) atoms. The van der Waals surface area contributed by atoms with Gasteiger partial charge < -0.3 is 15.8 Å². The van der Waals surface area contributed by atoms with Crippen LogP contribution < -0.4 is 11.1 Å². The fraction of sp³-hybridized carbons (Fsp3) is 0.938. The summed E-state index contributed by atoms with van der Waals surface area (Å²) in [6, 6.07) is 0.990. The molecule has 2 fully saturated rings. The van der Waals surface area contributed by atoms with Crippen molar-refractivity contribution in [3.8, 4) is 0 Å². The molecule has 130 valence electrons. The van der Waals surface area contributed by atoms with Gasteiger partial charge in [0.05, 0.1) is 19.8 Å². The second kappa shape index (κ2) is 10.6. The van der Waals surface area contributed by atoms with Crippen LogP contribution in [0.5, 0.6) is 0 Å². The zero-order valence-electron chi connectivity index (χ0n) is 14.1. The minimum Gasteiger partial charge on any atom is -0.379 e. The topological polar surface area (TPSA) is 62.9 Å². The van der Waals surface area contributed by atoms with Crippen LogP contribution in [0.15, 0.2) is 4.99 Å². The van der Waals surface area contributed by atoms with Crippen molar-refractivity contribution < 1.29 is 4.74 Å². The van der Waals surface area contributed by atoms with Crippen LogP contribution in [-0.4, -0.2) is 55.8 Å². The molecule has 0 radical (unpaired) electrons. The van der Waals surface area contributed by atoms with Gasteiger partial charge in [0, 0.05) is 25.2 Å². The van der Waals surface area contributed by atoms with Crippen LogP contribution >= 0.6 is 24.0 Å². The molecular weight excluding hydrogens is 391 g/mol. The Morgan fingerprint density at radius 3 is 2.45 bits per heavy atom. The summed E-state index contributed by atoms with van der Waals surface area (Å²) >= 11 is 0. The molecule has 0 bridgehead atoms. The second-order valence-corrected chi connectivity index (χ2v) is 6.66. The Bertz CT molecular complexity index is 326. The van der Waals surface area contributed by atoms with E-state index in [1.54, 1.807) is 0 Å². The van der Waals surface area contributed by atoms with Crippen LogP contribution in [0.4, 0.5) is 0 Å². The maximum Gasteiger partial charge on any atom is 0.188 e. The summed E-state index contributed by atoms with van der Waals surface area (Å²) < 4.78 is 5.44. The lowest BCUT2D eigenvalue weighted by atomic mass is 9.96. The van der Waals surface area contributed by atoms with E-state index in [1.807, 2.05) is 0 Å². The van der Waals surface area contributed by atoms with E-state index >= 15 is 0 Å². The summed E-state index contributed by atoms with van der Waals surface area (Å²) in [6.07, 6.45) is 6.45. The van der Waals surface area contributed by atoms with E-state index in [0.29, 0.717) is 24.0 Å². The molecular formula is C16H33IN4O. The highest BCUT2D eigenvalue weighted by Crippen LogP contribution is 2.17. The molecule has 2 aliphatic rings. The normalized spacial score (nSPS) is 23.1. The van der Waals surface area contributed by atoms with Crippen molar-refractivity contribution in [1.82, 2.24) is 10.2 Å². The maximum atomic E-state index is 6.08. The van der Waals surface area contributed by atoms with E-state index < -0.39 is 0 Å². The van der Waals surface area contributed by atoms with E-state index in [0.717, 1.165) is 32.8 Å². The molecule has 0 spiro atoms. The summed E-state index contributed by atoms with van der Waals surface area (Å²) in [5.41, 5.74) is 6.08. The third-order valence-electron chi connectivity index (χ3n) is 4.69. The Labute approximate surface area is 152 Å². The first-order chi connectivity index (χ1) is 10.2. The number of nitrogens with zero attached hydrogens (tertiary/aromatic N) is 2. The highest BCUT2D eigenvalue weighted by atomic mass is 127. The van der Waals surface area contributed by atoms with E-state index in [1.165, 1.54) is 32.1 Å². The van der Waals surface area contributed by atoms with Crippen molar-refractivity contribution in [2.24, 2.45) is 16.6 Å². The Balaban J connectivity index is 0.00000242. The first kappa shape index (κ1) is 20.0. The van der Waals surface area contributed by atoms with Crippen molar-refractivity contribution in [3.05, 3.63) is 0 Å². The largest absolute Gasteiger partial charge is 0.379 e. The molecule has 1 saturated heterocycles. The Kier molecular flexibility index (Phi) is 9.66. The monoisotopic (exact) mass is 424 g/mol. The first-order valence-electron chi connectivity index (χ1n) is 8.55. The predicted octanol–water partition coefficient (Wildman–Crippen LogP) is 2.20. The van der Waals surface area contributed by atoms with Gasteiger partial charge in [-0.2, -0.15) is 0 Å². The summed E-state index contributed by atoms with van der Waals surface area (Å²) in [6.45, 7) is 9.00. The summed E-state index contributed by atoms with van der Waals surface area (Å²) in [5.74, 6) is 1.20. The molecule has 3 N–H and O–H groups in total. The van der Waals surface area contributed by atoms with Crippen LogP contribution in [0, 0.1) is 5.92 Å². The number of ether oxygens (including phenoxy) is 1. The second-order valence-electron chi connectivity index (χ2n) is 6.66. The van der Waals surface area contributed by atoms with Gasteiger partial charge >= 0.3 is 0 Å². The molecule has 5 nitrogen and oxygen atoms in total. The molecule has 0 aromatic carbocycles. The molecule has 1 atom stereocenters. The van der Waals surface area contributed by atoms with Crippen molar-refractivity contribution in [1.29, 1.82) is 0 Å². The van der Waals surface area contributed by atoms with E-state index in [2.05, 4.69) is 29.1 Å². The van der Waals surface area contributed by atoms with Gasteiger partial charge in [-0.15, -0.1) is 24.0 Å². The Morgan fingerprint density at radius 1 is 1.23 bits per heavy atom. The number of nitrogens with two attached hydrogens (primary N) is 1. The quantitative estimate of drug-likeness (QED) is 0.404. The molecule has 0 amide bonds. The highest BCUT2D eigenvalue weighted by molar-refractivity contribution is 14.0. The molecule has 1 heterocycles. The smallest absolute Gasteiger partial charge is 0.188 e. The average molecular weight is 424 g/mol. The number of morpholine rings is 1. The molecule has 0 aromatic heterocycles. The lowest BCUT2D eigenvalue weighted by molar-refractivity contribution is 0.00868. The van der Waals surface area contributed by atoms with E-state index in [-0.39, 0.29) is 24.0 Å². The SMILES string of the molecule is CC(C)C(CN=C(N)NC1CCCCC1)N1CCOCC1.I. The van der Waals surface area contributed by atoms with Crippen LogP contribution in [0.25, 0.3) is 0 Å². The fourth-order valence-electron chi connectivity index (χ4n) is 3.35. The van der Waals surface area contributed by atoms with Gasteiger partial charge in [0.2, 0.25) is 0 Å². The zero-order chi connectivity index (χ0) is 15.1. The lowest BCUT2D eigenvalue weighted by Gasteiger charge is -2.36. The lowest BCUT2D eigenvalue weighted by Crippen LogP contribution is -2.48. The molecule has 1 aliphatic carbocycles. The van der Waals surface area contributed by atoms with Gasteiger partial charge in [-0.25, -0.2) is 0 Å². The van der Waals surface area contributed by atoms with Gasteiger partial charge in [-0.3, -0.25) is 9.89 Å². The number of aliphatic imine (C=N–C) groups is 1. The van der Waals surface area contributed by atoms with Crippen molar-refractivity contribution in [2.75, 3.05) is 32.8 Å². The maximum absolute atomic E-state index is 6.08. The minimum atomic E-state index is 0. The van der Waals surface area contributed by atoms with Gasteiger partial charge in [-0.05, 0) is 18.8 Å². The number of hydrogen-bond donors (Lipinski definition) is 2. The molecule has 1 saturated carbocycles. The number of halogens is 1. The number of guanidine groups is 1. The van der Waals surface area contributed by atoms with Crippen LogP contribution in [0.1, 0.15) is 46.0 Å². The fourth-order valence-corrected chi connectivity index (χ4v) is 3.35. The van der Waals surface area contributed by atoms with Crippen LogP contribution in [0.3, 0.4) is 0 Å². The predicted molar refractivity (Wildman–Crippen MR) is 103 cm³/mol. The molecule has 6 heteroatoms. The van der Waals surface area contributed by atoms with Crippen molar-refractivity contribution in [2.45, 2.75) is 58.0 Å². The summed E-state index contributed by atoms with van der Waals surface area (Å²) in [7, 11) is 0. The zero-order valence-corrected chi connectivity index (χ0v) is 16.4. The molecule has 1 unspecified atom stereocenters. The van der Waals surface area contributed by atoms with Crippen LogP contribution in [-0.2, 0) is 4.74 Å².